The minimum Gasteiger partial charge on any atom is -0.480 e. The van der Waals surface area contributed by atoms with E-state index in [1.807, 2.05) is 116 Å². The third kappa shape index (κ3) is 7.39. The van der Waals surface area contributed by atoms with Crippen LogP contribution in [0.25, 0.3) is 23.3 Å². The van der Waals surface area contributed by atoms with Crippen LogP contribution in [0.5, 0.6) is 11.5 Å². The van der Waals surface area contributed by atoms with Gasteiger partial charge in [0.2, 0.25) is 0 Å². The van der Waals surface area contributed by atoms with Crippen LogP contribution in [-0.2, 0) is 4.79 Å². The molecular formula is C33H31NO4S. The van der Waals surface area contributed by atoms with Gasteiger partial charge < -0.3 is 15.2 Å². The average molecular weight is 538 g/mol. The van der Waals surface area contributed by atoms with E-state index in [2.05, 4.69) is 5.32 Å². The molecule has 0 bridgehead atoms. The molecule has 4 rings (SSSR count). The summed E-state index contributed by atoms with van der Waals surface area (Å²) in [5.41, 5.74) is 4.93. The van der Waals surface area contributed by atoms with Crippen molar-refractivity contribution in [2.24, 2.45) is 0 Å². The minimum absolute atomic E-state index is 0.354. The number of aryl methyl sites for hydroxylation is 1. The van der Waals surface area contributed by atoms with Crippen molar-refractivity contribution in [1.82, 2.24) is 5.32 Å². The van der Waals surface area contributed by atoms with Crippen LogP contribution in [0.1, 0.15) is 33.5 Å². The van der Waals surface area contributed by atoms with Crippen LogP contribution >= 0.6 is 11.8 Å². The van der Waals surface area contributed by atoms with Crippen molar-refractivity contribution in [3.8, 4) is 22.6 Å². The first kappa shape index (κ1) is 27.7. The van der Waals surface area contributed by atoms with Gasteiger partial charge >= 0.3 is 5.97 Å². The number of carboxylic acid groups (broad SMARTS) is 1. The van der Waals surface area contributed by atoms with Crippen molar-refractivity contribution in [3.05, 3.63) is 119 Å². The van der Waals surface area contributed by atoms with Gasteiger partial charge in [-0.1, -0.05) is 78.9 Å². The maximum absolute atomic E-state index is 13.3. The van der Waals surface area contributed by atoms with Crippen LogP contribution in [0.4, 0.5) is 0 Å². The van der Waals surface area contributed by atoms with Crippen LogP contribution in [0.15, 0.2) is 97.1 Å². The molecule has 1 unspecified atom stereocenters. The second-order valence-corrected chi connectivity index (χ2v) is 10.0. The minimum atomic E-state index is -1.04. The Hall–Kier alpha value is -4.29. The molecule has 0 fully saturated rings. The number of rotatable bonds is 11. The average Bonchev–Trinajstić information content (AvgIpc) is 2.95. The van der Waals surface area contributed by atoms with E-state index >= 15 is 0 Å². The van der Waals surface area contributed by atoms with Crippen LogP contribution < -0.4 is 10.1 Å². The fourth-order valence-electron chi connectivity index (χ4n) is 4.20. The monoisotopic (exact) mass is 537 g/mol. The van der Waals surface area contributed by atoms with Crippen LogP contribution in [-0.4, -0.2) is 35.0 Å². The summed E-state index contributed by atoms with van der Waals surface area (Å²) in [4.78, 5) is 25.1. The fourth-order valence-corrected chi connectivity index (χ4v) is 4.67. The number of hydrogen-bond donors (Lipinski definition) is 2. The standard InChI is InChI=1S/C33H31NO4S/c1-23-10-6-8-14-27(23)29-22-24(17-19-28(29)32(35)34-30(33(36)37)20-21-39-2)16-18-25-11-7-9-15-31(25)38-26-12-4-3-5-13-26/h3-19,22,30H,20-21H2,1-2H3,(H,34,35)(H,36,37). The third-order valence-corrected chi connectivity index (χ3v) is 6.93. The molecule has 0 aliphatic heterocycles. The molecule has 39 heavy (non-hydrogen) atoms. The van der Waals surface area contributed by atoms with Gasteiger partial charge in [0.05, 0.1) is 0 Å². The largest absolute Gasteiger partial charge is 0.480 e. The van der Waals surface area contributed by atoms with Crippen molar-refractivity contribution >= 4 is 35.8 Å². The number of thioether (sulfide) groups is 1. The number of benzene rings is 4. The predicted octanol–water partition coefficient (Wildman–Crippen LogP) is 7.56. The molecule has 0 saturated carbocycles. The van der Waals surface area contributed by atoms with Crippen molar-refractivity contribution in [2.75, 3.05) is 12.0 Å². The quantitative estimate of drug-likeness (QED) is 0.193. The summed E-state index contributed by atoms with van der Waals surface area (Å²) in [5, 5.41) is 12.3. The lowest BCUT2D eigenvalue weighted by Crippen LogP contribution is -2.41. The summed E-state index contributed by atoms with van der Waals surface area (Å²) >= 11 is 1.55. The molecule has 0 heterocycles. The van der Waals surface area contributed by atoms with E-state index in [9.17, 15) is 14.7 Å². The first-order valence-corrected chi connectivity index (χ1v) is 14.1. The lowest BCUT2D eigenvalue weighted by Gasteiger charge is -2.17. The fraction of sp³-hybridized carbons (Fsp3) is 0.152. The lowest BCUT2D eigenvalue weighted by molar-refractivity contribution is -0.139. The van der Waals surface area contributed by atoms with Crippen LogP contribution in [0.2, 0.25) is 0 Å². The van der Waals surface area contributed by atoms with Gasteiger partial charge in [-0.05, 0) is 77.9 Å². The van der Waals surface area contributed by atoms with Gasteiger partial charge in [0.1, 0.15) is 17.5 Å². The zero-order valence-corrected chi connectivity index (χ0v) is 22.8. The molecule has 0 aliphatic carbocycles. The number of aliphatic carboxylic acids is 1. The topological polar surface area (TPSA) is 75.6 Å². The molecule has 4 aromatic carbocycles. The summed E-state index contributed by atoms with van der Waals surface area (Å²) in [6.07, 6.45) is 6.23. The molecule has 5 nitrogen and oxygen atoms in total. The number of carboxylic acids is 1. The summed E-state index contributed by atoms with van der Waals surface area (Å²) in [7, 11) is 0. The Kier molecular flexibility index (Phi) is 9.59. The molecule has 0 radical (unpaired) electrons. The molecule has 0 aromatic heterocycles. The molecule has 0 saturated heterocycles. The maximum Gasteiger partial charge on any atom is 0.326 e. The molecule has 1 atom stereocenters. The van der Waals surface area contributed by atoms with Crippen molar-refractivity contribution in [3.63, 3.8) is 0 Å². The molecule has 198 valence electrons. The number of carbonyl (C=O) groups is 2. The van der Waals surface area contributed by atoms with Gasteiger partial charge in [-0.3, -0.25) is 4.79 Å². The first-order chi connectivity index (χ1) is 19.0. The molecule has 0 spiro atoms. The van der Waals surface area contributed by atoms with Gasteiger partial charge in [-0.2, -0.15) is 11.8 Å². The Morgan fingerprint density at radius 2 is 1.62 bits per heavy atom. The normalized spacial score (nSPS) is 11.7. The molecule has 6 heteroatoms. The summed E-state index contributed by atoms with van der Waals surface area (Å²) in [5.74, 6) is 0.693. The second-order valence-electron chi connectivity index (χ2n) is 9.05. The highest BCUT2D eigenvalue weighted by molar-refractivity contribution is 7.98. The SMILES string of the molecule is CSCCC(NC(=O)c1ccc(C=Cc2ccccc2Oc2ccccc2)cc1-c1ccccc1C)C(=O)O. The van der Waals surface area contributed by atoms with E-state index < -0.39 is 17.9 Å². The number of amides is 1. The molecular weight excluding hydrogens is 506 g/mol. The smallest absolute Gasteiger partial charge is 0.326 e. The highest BCUT2D eigenvalue weighted by Gasteiger charge is 2.22. The van der Waals surface area contributed by atoms with Gasteiger partial charge in [-0.15, -0.1) is 0 Å². The van der Waals surface area contributed by atoms with E-state index in [1.54, 1.807) is 17.8 Å². The number of carbonyl (C=O) groups excluding carboxylic acids is 1. The molecule has 1 amide bonds. The van der Waals surface area contributed by atoms with E-state index in [-0.39, 0.29) is 0 Å². The Bertz CT molecular complexity index is 1470. The Labute approximate surface area is 233 Å². The zero-order valence-electron chi connectivity index (χ0n) is 22.0. The first-order valence-electron chi connectivity index (χ1n) is 12.7. The van der Waals surface area contributed by atoms with E-state index in [0.717, 1.165) is 39.3 Å². The number of nitrogens with one attached hydrogen (secondary N) is 1. The van der Waals surface area contributed by atoms with Crippen molar-refractivity contribution in [2.45, 2.75) is 19.4 Å². The third-order valence-electron chi connectivity index (χ3n) is 6.28. The Morgan fingerprint density at radius 1 is 0.897 bits per heavy atom. The molecule has 4 aromatic rings. The molecule has 0 aliphatic rings. The maximum atomic E-state index is 13.3. The van der Waals surface area contributed by atoms with E-state index in [4.69, 9.17) is 4.74 Å². The van der Waals surface area contributed by atoms with Gasteiger partial charge in [0.25, 0.3) is 5.91 Å². The zero-order chi connectivity index (χ0) is 27.6. The highest BCUT2D eigenvalue weighted by atomic mass is 32.2. The Balaban J connectivity index is 1.67. The number of ether oxygens (including phenoxy) is 1. The summed E-state index contributed by atoms with van der Waals surface area (Å²) in [6, 6.07) is 29.9. The second kappa shape index (κ2) is 13.5. The summed E-state index contributed by atoms with van der Waals surface area (Å²) < 4.78 is 6.09. The molecule has 2 N–H and O–H groups in total. The number of para-hydroxylation sites is 2. The lowest BCUT2D eigenvalue weighted by atomic mass is 9.93. The predicted molar refractivity (Wildman–Crippen MR) is 160 cm³/mol. The van der Waals surface area contributed by atoms with Crippen molar-refractivity contribution < 1.29 is 19.4 Å². The van der Waals surface area contributed by atoms with Gasteiger partial charge in [0.15, 0.2) is 0 Å². The highest BCUT2D eigenvalue weighted by Crippen LogP contribution is 2.30. The van der Waals surface area contributed by atoms with E-state index in [1.165, 1.54) is 0 Å². The Morgan fingerprint density at radius 3 is 2.36 bits per heavy atom. The summed E-state index contributed by atoms with van der Waals surface area (Å²) in [6.45, 7) is 2.00. The van der Waals surface area contributed by atoms with Gasteiger partial charge in [-0.25, -0.2) is 4.79 Å². The van der Waals surface area contributed by atoms with Crippen LogP contribution in [0, 0.1) is 6.92 Å². The van der Waals surface area contributed by atoms with Crippen LogP contribution in [0.3, 0.4) is 0 Å². The van der Waals surface area contributed by atoms with Crippen molar-refractivity contribution in [1.29, 1.82) is 0 Å². The van der Waals surface area contributed by atoms with E-state index in [0.29, 0.717) is 17.7 Å². The number of hydrogen-bond acceptors (Lipinski definition) is 4. The van der Waals surface area contributed by atoms with Gasteiger partial charge in [0, 0.05) is 11.1 Å².